The van der Waals surface area contributed by atoms with Crippen molar-refractivity contribution in [1.29, 1.82) is 0 Å². The average molecular weight is 597 g/mol. The number of unbranched alkanes of at least 4 members (excludes halogenated alkanes) is 2. The Bertz CT molecular complexity index is 1660. The predicted molar refractivity (Wildman–Crippen MR) is 167 cm³/mol. The standard InChI is InChI=1S/C36H40N2O4S/c1-3-5-7-8-15-22-37-23-21-32-31-24-28(17-10-6-4-2)42-33(31)34-36(32,35(37)39)25-27-16-13-14-20-30(26-38(27)34)43(40,41)29-18-11-9-12-19-29/h9,11-13,16,18-19,24,26-27,32,34H,7-8,10,14-15,17,20-23,25H2,1-2H3/b16-13-,30-26+/t27?,32-,34-,36-/m0/s1. The molecular weight excluding hydrogens is 556 g/mol. The SMILES string of the molecule is CC#CCCCCN1CC[C@H]2c3cc(CCC#CC)oc3[C@@H]3N4/C=C(/S(=O)(=O)c5ccccc5)CC/C=C\C4C[C@@]32C1=O. The van der Waals surface area contributed by atoms with Gasteiger partial charge in [0.15, 0.2) is 0 Å². The van der Waals surface area contributed by atoms with Crippen LogP contribution in [0.3, 0.4) is 0 Å². The van der Waals surface area contributed by atoms with Crippen molar-refractivity contribution in [2.75, 3.05) is 13.1 Å². The summed E-state index contributed by atoms with van der Waals surface area (Å²) >= 11 is 0. The summed E-state index contributed by atoms with van der Waals surface area (Å²) in [5, 5.41) is 0. The van der Waals surface area contributed by atoms with Gasteiger partial charge in [0.25, 0.3) is 0 Å². The summed E-state index contributed by atoms with van der Waals surface area (Å²) in [7, 11) is -3.70. The molecule has 4 atom stereocenters. The van der Waals surface area contributed by atoms with Gasteiger partial charge in [0.1, 0.15) is 17.6 Å². The van der Waals surface area contributed by atoms with Crippen LogP contribution in [0.2, 0.25) is 0 Å². The van der Waals surface area contributed by atoms with Crippen LogP contribution in [0, 0.1) is 29.1 Å². The highest BCUT2D eigenvalue weighted by Crippen LogP contribution is 2.67. The molecule has 1 unspecified atom stereocenters. The summed E-state index contributed by atoms with van der Waals surface area (Å²) in [5.41, 5.74) is 0.440. The van der Waals surface area contributed by atoms with E-state index in [1.807, 2.05) is 26.1 Å². The lowest BCUT2D eigenvalue weighted by Gasteiger charge is -2.44. The van der Waals surface area contributed by atoms with Crippen LogP contribution < -0.4 is 0 Å². The van der Waals surface area contributed by atoms with E-state index in [1.54, 1.807) is 24.3 Å². The van der Waals surface area contributed by atoms with Gasteiger partial charge in [-0.1, -0.05) is 30.4 Å². The van der Waals surface area contributed by atoms with Crippen LogP contribution in [0.5, 0.6) is 0 Å². The number of fused-ring (bicyclic) bond motifs is 5. The fourth-order valence-corrected chi connectivity index (χ4v) is 9.16. The first-order valence-corrected chi connectivity index (χ1v) is 17.1. The smallest absolute Gasteiger partial charge is 0.232 e. The molecule has 1 aromatic carbocycles. The second kappa shape index (κ2) is 12.1. The summed E-state index contributed by atoms with van der Waals surface area (Å²) in [5.74, 6) is 14.1. The summed E-state index contributed by atoms with van der Waals surface area (Å²) in [6, 6.07) is 10.4. The molecular formula is C36H40N2O4S. The number of hydrogen-bond donors (Lipinski definition) is 0. The molecule has 1 aliphatic carbocycles. The Labute approximate surface area is 256 Å². The molecule has 7 heteroatoms. The van der Waals surface area contributed by atoms with Gasteiger partial charge in [0.05, 0.1) is 15.2 Å². The second-order valence-electron chi connectivity index (χ2n) is 12.0. The molecule has 2 aromatic rings. The molecule has 6 nitrogen and oxygen atoms in total. The highest BCUT2D eigenvalue weighted by molar-refractivity contribution is 7.95. The topological polar surface area (TPSA) is 70.8 Å². The maximum absolute atomic E-state index is 14.7. The number of likely N-dealkylation sites (tertiary alicyclic amines) is 1. The molecule has 43 heavy (non-hydrogen) atoms. The Morgan fingerprint density at radius 1 is 1.07 bits per heavy atom. The molecule has 224 valence electrons. The Morgan fingerprint density at radius 2 is 1.86 bits per heavy atom. The molecule has 1 spiro atoms. The third kappa shape index (κ3) is 5.12. The summed E-state index contributed by atoms with van der Waals surface area (Å²) in [6.45, 7) is 5.15. The summed E-state index contributed by atoms with van der Waals surface area (Å²) < 4.78 is 34.4. The molecule has 4 aliphatic rings. The maximum Gasteiger partial charge on any atom is 0.232 e. The van der Waals surface area contributed by atoms with Crippen molar-refractivity contribution < 1.29 is 17.6 Å². The molecule has 1 amide bonds. The first kappa shape index (κ1) is 29.4. The largest absolute Gasteiger partial charge is 0.464 e. The highest BCUT2D eigenvalue weighted by atomic mass is 32.2. The number of rotatable bonds is 8. The number of carbonyl (C=O) groups excluding carboxylic acids is 1. The van der Waals surface area contributed by atoms with Crippen LogP contribution in [-0.2, 0) is 21.1 Å². The molecule has 4 heterocycles. The zero-order valence-electron chi connectivity index (χ0n) is 25.1. The Kier molecular flexibility index (Phi) is 8.29. The van der Waals surface area contributed by atoms with Gasteiger partial charge in [-0.05, 0) is 70.6 Å². The number of benzene rings is 1. The minimum Gasteiger partial charge on any atom is -0.464 e. The molecule has 3 aliphatic heterocycles. The maximum atomic E-state index is 14.7. The van der Waals surface area contributed by atoms with Crippen molar-refractivity contribution in [3.05, 3.63) is 76.7 Å². The lowest BCUT2D eigenvalue weighted by atomic mass is 9.67. The highest BCUT2D eigenvalue weighted by Gasteiger charge is 2.68. The molecule has 1 aromatic heterocycles. The molecule has 0 saturated carbocycles. The quantitative estimate of drug-likeness (QED) is 0.197. The number of amides is 1. The van der Waals surface area contributed by atoms with Crippen LogP contribution >= 0.6 is 0 Å². The van der Waals surface area contributed by atoms with Crippen LogP contribution in [0.1, 0.15) is 94.3 Å². The average Bonchev–Trinajstić information content (AvgIpc) is 3.61. The number of allylic oxidation sites excluding steroid dienone is 2. The van der Waals surface area contributed by atoms with Gasteiger partial charge in [-0.3, -0.25) is 4.79 Å². The second-order valence-corrected chi connectivity index (χ2v) is 14.0. The molecule has 6 rings (SSSR count). The fraction of sp³-hybridized carbons (Fsp3) is 0.472. The van der Waals surface area contributed by atoms with Crippen molar-refractivity contribution >= 4 is 15.7 Å². The number of nitrogens with zero attached hydrogens (tertiary/aromatic N) is 2. The lowest BCUT2D eigenvalue weighted by Crippen LogP contribution is -2.52. The minimum absolute atomic E-state index is 0.0428. The van der Waals surface area contributed by atoms with Gasteiger partial charge in [-0.2, -0.15) is 0 Å². The van der Waals surface area contributed by atoms with Gasteiger partial charge >= 0.3 is 0 Å². The number of carbonyl (C=O) groups is 1. The first-order valence-electron chi connectivity index (χ1n) is 15.6. The Hall–Kier alpha value is -3.68. The van der Waals surface area contributed by atoms with E-state index in [1.165, 1.54) is 0 Å². The predicted octanol–water partition coefficient (Wildman–Crippen LogP) is 6.53. The van der Waals surface area contributed by atoms with E-state index in [0.29, 0.717) is 41.9 Å². The molecule has 2 saturated heterocycles. The zero-order chi connectivity index (χ0) is 30.0. The van der Waals surface area contributed by atoms with Crippen LogP contribution in [-0.4, -0.2) is 43.3 Å². The van der Waals surface area contributed by atoms with Crippen LogP contribution in [0.15, 0.2) is 69.0 Å². The van der Waals surface area contributed by atoms with Crippen molar-refractivity contribution in [3.63, 3.8) is 0 Å². The van der Waals surface area contributed by atoms with E-state index >= 15 is 0 Å². The molecule has 2 fully saturated rings. The minimum atomic E-state index is -3.70. The Balaban J connectivity index is 1.41. The molecule has 0 radical (unpaired) electrons. The Morgan fingerprint density at radius 3 is 2.65 bits per heavy atom. The van der Waals surface area contributed by atoms with E-state index in [-0.39, 0.29) is 23.9 Å². The van der Waals surface area contributed by atoms with Gasteiger partial charge in [-0.25, -0.2) is 8.42 Å². The van der Waals surface area contributed by atoms with Crippen LogP contribution in [0.4, 0.5) is 0 Å². The van der Waals surface area contributed by atoms with Gasteiger partial charge in [-0.15, -0.1) is 23.7 Å². The van der Waals surface area contributed by atoms with E-state index in [4.69, 9.17) is 4.42 Å². The first-order chi connectivity index (χ1) is 20.9. The number of piperidine rings is 1. The van der Waals surface area contributed by atoms with E-state index < -0.39 is 15.3 Å². The molecule has 0 N–H and O–H groups in total. The van der Waals surface area contributed by atoms with Gasteiger partial charge in [0, 0.05) is 56.1 Å². The van der Waals surface area contributed by atoms with E-state index in [0.717, 1.165) is 55.9 Å². The van der Waals surface area contributed by atoms with Crippen LogP contribution in [0.25, 0.3) is 0 Å². The summed E-state index contributed by atoms with van der Waals surface area (Å²) in [6.07, 6.45) is 12.9. The van der Waals surface area contributed by atoms with Gasteiger partial charge in [0.2, 0.25) is 15.7 Å². The zero-order valence-corrected chi connectivity index (χ0v) is 26.0. The normalized spacial score (nSPS) is 27.6. The van der Waals surface area contributed by atoms with Crippen molar-refractivity contribution in [1.82, 2.24) is 9.80 Å². The van der Waals surface area contributed by atoms with Crippen molar-refractivity contribution in [3.8, 4) is 23.7 Å². The van der Waals surface area contributed by atoms with Gasteiger partial charge < -0.3 is 14.2 Å². The monoisotopic (exact) mass is 596 g/mol. The van der Waals surface area contributed by atoms with E-state index in [9.17, 15) is 13.2 Å². The van der Waals surface area contributed by atoms with Crippen molar-refractivity contribution in [2.24, 2.45) is 5.41 Å². The molecule has 0 bridgehead atoms. The van der Waals surface area contributed by atoms with Crippen molar-refractivity contribution in [2.45, 2.75) is 94.5 Å². The third-order valence-corrected chi connectivity index (χ3v) is 11.5. The lowest BCUT2D eigenvalue weighted by molar-refractivity contribution is -0.149. The number of furan rings is 1. The number of hydrogen-bond acceptors (Lipinski definition) is 5. The fourth-order valence-electron chi connectivity index (χ4n) is 7.70. The third-order valence-electron chi connectivity index (χ3n) is 9.61. The number of aryl methyl sites for hydroxylation is 1. The van der Waals surface area contributed by atoms with E-state index in [2.05, 4.69) is 51.7 Å². The summed E-state index contributed by atoms with van der Waals surface area (Å²) in [4.78, 5) is 19.6. The number of sulfone groups is 1.